The summed E-state index contributed by atoms with van der Waals surface area (Å²) in [5.41, 5.74) is 5.34. The molecular formula is C19H16N2O. The summed E-state index contributed by atoms with van der Waals surface area (Å²) in [7, 11) is 1.64. The third-order valence-corrected chi connectivity index (χ3v) is 3.80. The van der Waals surface area contributed by atoms with Crippen molar-refractivity contribution in [2.24, 2.45) is 0 Å². The van der Waals surface area contributed by atoms with Crippen LogP contribution in [0.15, 0.2) is 54.6 Å². The van der Waals surface area contributed by atoms with Gasteiger partial charge in [-0.15, -0.1) is 0 Å². The number of methoxy groups -OCH3 is 1. The molecule has 0 atom stereocenters. The molecule has 3 nitrogen and oxygen atoms in total. The Morgan fingerprint density at radius 2 is 1.64 bits per heavy atom. The number of ether oxygens (including phenoxy) is 1. The lowest BCUT2D eigenvalue weighted by molar-refractivity contribution is 0.416. The summed E-state index contributed by atoms with van der Waals surface area (Å²) in [4.78, 5) is 3.41. The number of rotatable bonds is 3. The van der Waals surface area contributed by atoms with Crippen LogP contribution in [0.4, 0.5) is 0 Å². The molecule has 2 aromatic carbocycles. The minimum absolute atomic E-state index is 0.656. The molecule has 22 heavy (non-hydrogen) atoms. The molecule has 1 heterocycles. The first-order valence-electron chi connectivity index (χ1n) is 7.07. The van der Waals surface area contributed by atoms with Gasteiger partial charge in [-0.05, 0) is 30.2 Å². The summed E-state index contributed by atoms with van der Waals surface area (Å²) in [5.74, 6) is 0.750. The van der Waals surface area contributed by atoms with Gasteiger partial charge in [0.2, 0.25) is 0 Å². The molecule has 0 radical (unpaired) electrons. The van der Waals surface area contributed by atoms with Gasteiger partial charge in [-0.25, -0.2) is 0 Å². The van der Waals surface area contributed by atoms with Crippen molar-refractivity contribution < 1.29 is 4.74 Å². The quantitative estimate of drug-likeness (QED) is 0.769. The van der Waals surface area contributed by atoms with Crippen LogP contribution in [-0.4, -0.2) is 12.1 Å². The number of benzene rings is 2. The zero-order valence-electron chi connectivity index (χ0n) is 12.6. The van der Waals surface area contributed by atoms with Crippen LogP contribution in [0, 0.1) is 18.3 Å². The van der Waals surface area contributed by atoms with Crippen molar-refractivity contribution in [3.63, 3.8) is 0 Å². The number of nitriles is 1. The van der Waals surface area contributed by atoms with Crippen LogP contribution < -0.4 is 4.74 Å². The molecule has 0 unspecified atom stereocenters. The molecule has 3 aromatic rings. The molecule has 0 aliphatic heterocycles. The standard InChI is InChI=1S/C19H16N2O/c1-13-16(12-20)19(15-10-6-7-11-17(15)22-2)21-18(13)14-8-4-3-5-9-14/h3-11,21H,1-2H3. The van der Waals surface area contributed by atoms with Gasteiger partial charge in [0.1, 0.15) is 11.8 Å². The Labute approximate surface area is 129 Å². The van der Waals surface area contributed by atoms with Crippen molar-refractivity contribution in [1.82, 2.24) is 4.98 Å². The van der Waals surface area contributed by atoms with E-state index in [0.717, 1.165) is 33.8 Å². The third kappa shape index (κ3) is 2.25. The Balaban J connectivity index is 2.24. The van der Waals surface area contributed by atoms with E-state index in [0.29, 0.717) is 5.56 Å². The maximum atomic E-state index is 9.57. The van der Waals surface area contributed by atoms with Crippen LogP contribution in [0.2, 0.25) is 0 Å². The predicted molar refractivity (Wildman–Crippen MR) is 87.7 cm³/mol. The number of hydrogen-bond donors (Lipinski definition) is 1. The molecule has 0 saturated carbocycles. The van der Waals surface area contributed by atoms with Gasteiger partial charge in [0, 0.05) is 5.56 Å². The average Bonchev–Trinajstić information content (AvgIpc) is 2.92. The number of H-pyrrole nitrogens is 1. The fourth-order valence-electron chi connectivity index (χ4n) is 2.68. The van der Waals surface area contributed by atoms with Gasteiger partial charge in [-0.3, -0.25) is 0 Å². The van der Waals surface area contributed by atoms with Gasteiger partial charge in [0.15, 0.2) is 0 Å². The number of hydrogen-bond acceptors (Lipinski definition) is 2. The minimum Gasteiger partial charge on any atom is -0.496 e. The van der Waals surface area contributed by atoms with Crippen molar-refractivity contribution in [2.75, 3.05) is 7.11 Å². The lowest BCUT2D eigenvalue weighted by atomic mass is 10.0. The molecule has 0 aliphatic carbocycles. The summed E-state index contributed by atoms with van der Waals surface area (Å²) in [6, 6.07) is 20.1. The second-order valence-electron chi connectivity index (χ2n) is 5.05. The Bertz CT molecular complexity index is 842. The predicted octanol–water partition coefficient (Wildman–Crippen LogP) is 4.54. The van der Waals surface area contributed by atoms with E-state index in [9.17, 15) is 5.26 Å². The van der Waals surface area contributed by atoms with Crippen LogP contribution >= 0.6 is 0 Å². The summed E-state index contributed by atoms with van der Waals surface area (Å²) >= 11 is 0. The number of para-hydroxylation sites is 1. The van der Waals surface area contributed by atoms with Crippen LogP contribution in [0.25, 0.3) is 22.5 Å². The minimum atomic E-state index is 0.656. The van der Waals surface area contributed by atoms with Crippen LogP contribution in [0.1, 0.15) is 11.1 Å². The lowest BCUT2D eigenvalue weighted by Crippen LogP contribution is -1.89. The first-order valence-corrected chi connectivity index (χ1v) is 7.07. The molecule has 1 aromatic heterocycles. The molecule has 3 rings (SSSR count). The lowest BCUT2D eigenvalue weighted by Gasteiger charge is -2.07. The second kappa shape index (κ2) is 5.79. The monoisotopic (exact) mass is 288 g/mol. The van der Waals surface area contributed by atoms with Crippen LogP contribution in [0.3, 0.4) is 0 Å². The molecule has 0 saturated heterocycles. The maximum absolute atomic E-state index is 9.57. The van der Waals surface area contributed by atoms with Gasteiger partial charge in [-0.2, -0.15) is 5.26 Å². The largest absolute Gasteiger partial charge is 0.496 e. The topological polar surface area (TPSA) is 48.8 Å². The van der Waals surface area contributed by atoms with E-state index in [1.807, 2.05) is 61.5 Å². The Morgan fingerprint density at radius 1 is 0.955 bits per heavy atom. The van der Waals surface area contributed by atoms with Gasteiger partial charge >= 0.3 is 0 Å². The van der Waals surface area contributed by atoms with E-state index in [2.05, 4.69) is 11.1 Å². The zero-order valence-corrected chi connectivity index (χ0v) is 12.6. The van der Waals surface area contributed by atoms with Gasteiger partial charge in [0.25, 0.3) is 0 Å². The molecule has 0 amide bonds. The number of nitrogens with one attached hydrogen (secondary N) is 1. The van der Waals surface area contributed by atoms with Gasteiger partial charge in [-0.1, -0.05) is 42.5 Å². The summed E-state index contributed by atoms with van der Waals surface area (Å²) in [6.07, 6.45) is 0. The maximum Gasteiger partial charge on any atom is 0.128 e. The first kappa shape index (κ1) is 14.0. The first-order chi connectivity index (χ1) is 10.8. The molecule has 0 aliphatic rings. The molecule has 0 spiro atoms. The third-order valence-electron chi connectivity index (χ3n) is 3.80. The van der Waals surface area contributed by atoms with Crippen molar-refractivity contribution in [3.8, 4) is 34.3 Å². The summed E-state index contributed by atoms with van der Waals surface area (Å²) in [5, 5.41) is 9.57. The van der Waals surface area contributed by atoms with E-state index in [4.69, 9.17) is 4.74 Å². The number of aromatic nitrogens is 1. The van der Waals surface area contributed by atoms with Gasteiger partial charge in [0.05, 0.1) is 24.1 Å². The van der Waals surface area contributed by atoms with E-state index in [1.54, 1.807) is 7.11 Å². The Hall–Kier alpha value is -2.99. The number of aromatic amines is 1. The normalized spacial score (nSPS) is 10.2. The molecule has 3 heteroatoms. The van der Waals surface area contributed by atoms with Crippen molar-refractivity contribution in [3.05, 3.63) is 65.7 Å². The van der Waals surface area contributed by atoms with E-state index >= 15 is 0 Å². The highest BCUT2D eigenvalue weighted by molar-refractivity contribution is 5.80. The molecule has 1 N–H and O–H groups in total. The van der Waals surface area contributed by atoms with Crippen LogP contribution in [-0.2, 0) is 0 Å². The highest BCUT2D eigenvalue weighted by atomic mass is 16.5. The average molecular weight is 288 g/mol. The zero-order chi connectivity index (χ0) is 15.5. The fourth-order valence-corrected chi connectivity index (χ4v) is 2.68. The highest BCUT2D eigenvalue weighted by Crippen LogP contribution is 2.36. The van der Waals surface area contributed by atoms with Crippen molar-refractivity contribution in [1.29, 1.82) is 5.26 Å². The van der Waals surface area contributed by atoms with Gasteiger partial charge < -0.3 is 9.72 Å². The molecule has 0 fully saturated rings. The van der Waals surface area contributed by atoms with E-state index in [1.165, 1.54) is 0 Å². The molecule has 108 valence electrons. The van der Waals surface area contributed by atoms with E-state index < -0.39 is 0 Å². The van der Waals surface area contributed by atoms with Crippen molar-refractivity contribution >= 4 is 0 Å². The summed E-state index contributed by atoms with van der Waals surface area (Å²) < 4.78 is 5.42. The Morgan fingerprint density at radius 3 is 2.32 bits per heavy atom. The SMILES string of the molecule is COc1ccccc1-c1[nH]c(-c2ccccc2)c(C)c1C#N. The highest BCUT2D eigenvalue weighted by Gasteiger charge is 2.18. The Kier molecular flexibility index (Phi) is 3.67. The number of nitrogens with zero attached hydrogens (tertiary/aromatic N) is 1. The molecular weight excluding hydrogens is 272 g/mol. The van der Waals surface area contributed by atoms with Crippen molar-refractivity contribution in [2.45, 2.75) is 6.92 Å². The summed E-state index contributed by atoms with van der Waals surface area (Å²) in [6.45, 7) is 1.97. The smallest absolute Gasteiger partial charge is 0.128 e. The van der Waals surface area contributed by atoms with E-state index in [-0.39, 0.29) is 0 Å². The van der Waals surface area contributed by atoms with Crippen LogP contribution in [0.5, 0.6) is 5.75 Å². The second-order valence-corrected chi connectivity index (χ2v) is 5.05. The fraction of sp³-hybridized carbons (Fsp3) is 0.105. The molecule has 0 bridgehead atoms.